The molecule has 0 saturated heterocycles. The summed E-state index contributed by atoms with van der Waals surface area (Å²) in [6.45, 7) is 1.94. The number of rotatable bonds is 1. The van der Waals surface area contributed by atoms with Gasteiger partial charge in [-0.2, -0.15) is 0 Å². The second kappa shape index (κ2) is 3.50. The first-order valence-corrected chi connectivity index (χ1v) is 5.72. The Morgan fingerprint density at radius 2 is 2.12 bits per heavy atom. The van der Waals surface area contributed by atoms with Crippen LogP contribution in [0.4, 0.5) is 0 Å². The van der Waals surface area contributed by atoms with Crippen LogP contribution >= 0.6 is 22.9 Å². The fourth-order valence-electron chi connectivity index (χ4n) is 1.44. The van der Waals surface area contributed by atoms with Crippen LogP contribution in [-0.4, -0.2) is 24.6 Å². The lowest BCUT2D eigenvalue weighted by Crippen LogP contribution is -1.90. The van der Waals surface area contributed by atoms with Crippen LogP contribution in [0.3, 0.4) is 0 Å². The summed E-state index contributed by atoms with van der Waals surface area (Å²) in [7, 11) is 0. The Morgan fingerprint density at radius 1 is 1.25 bits per heavy atom. The number of nitrogens with zero attached hydrogens (tertiary/aromatic N) is 5. The van der Waals surface area contributed by atoms with E-state index in [1.54, 1.807) is 34.3 Å². The number of fused-ring (bicyclic) bond motifs is 1. The highest BCUT2D eigenvalue weighted by atomic mass is 35.5. The molecule has 0 saturated carbocycles. The maximum Gasteiger partial charge on any atom is 0.181 e. The fourth-order valence-corrected chi connectivity index (χ4v) is 2.41. The number of thiazole rings is 1. The first-order valence-electron chi connectivity index (χ1n) is 4.53. The third-order valence-electron chi connectivity index (χ3n) is 2.11. The molecule has 3 aromatic heterocycles. The predicted octanol–water partition coefficient (Wildman–Crippen LogP) is 2.21. The molecule has 0 aromatic carbocycles. The van der Waals surface area contributed by atoms with Gasteiger partial charge in [-0.15, -0.1) is 21.5 Å². The van der Waals surface area contributed by atoms with Gasteiger partial charge in [0.15, 0.2) is 11.5 Å². The van der Waals surface area contributed by atoms with Crippen molar-refractivity contribution in [2.45, 2.75) is 6.92 Å². The lowest BCUT2D eigenvalue weighted by Gasteiger charge is -1.97. The molecule has 16 heavy (non-hydrogen) atoms. The summed E-state index contributed by atoms with van der Waals surface area (Å²) in [5.41, 5.74) is 0.633. The molecule has 3 heterocycles. The molecule has 0 atom stereocenters. The van der Waals surface area contributed by atoms with Crippen LogP contribution in [0, 0.1) is 6.92 Å². The Balaban J connectivity index is 2.32. The monoisotopic (exact) mass is 251 g/mol. The molecule has 0 radical (unpaired) electrons. The summed E-state index contributed by atoms with van der Waals surface area (Å²) >= 11 is 7.62. The molecule has 0 unspecified atom stereocenters. The van der Waals surface area contributed by atoms with Gasteiger partial charge in [0.1, 0.15) is 5.15 Å². The summed E-state index contributed by atoms with van der Waals surface area (Å²) in [6.07, 6.45) is 4.96. The third-order valence-corrected chi connectivity index (χ3v) is 3.29. The number of hydrogen-bond donors (Lipinski definition) is 0. The summed E-state index contributed by atoms with van der Waals surface area (Å²) in [5, 5.41) is 9.58. The van der Waals surface area contributed by atoms with Gasteiger partial charge in [-0.1, -0.05) is 11.6 Å². The van der Waals surface area contributed by atoms with E-state index in [1.807, 2.05) is 6.92 Å². The van der Waals surface area contributed by atoms with E-state index in [9.17, 15) is 0 Å². The van der Waals surface area contributed by atoms with Crippen molar-refractivity contribution in [3.8, 4) is 10.7 Å². The summed E-state index contributed by atoms with van der Waals surface area (Å²) < 4.78 is 1.75. The van der Waals surface area contributed by atoms with E-state index in [4.69, 9.17) is 11.6 Å². The Hall–Kier alpha value is -1.53. The van der Waals surface area contributed by atoms with E-state index >= 15 is 0 Å². The highest BCUT2D eigenvalue weighted by Gasteiger charge is 2.12. The van der Waals surface area contributed by atoms with Crippen LogP contribution in [0.2, 0.25) is 5.15 Å². The second-order valence-corrected chi connectivity index (χ2v) is 4.81. The minimum atomic E-state index is 0.489. The second-order valence-electron chi connectivity index (χ2n) is 3.19. The maximum atomic E-state index is 6.06. The minimum absolute atomic E-state index is 0.489. The molecule has 80 valence electrons. The number of aryl methyl sites for hydroxylation is 1. The summed E-state index contributed by atoms with van der Waals surface area (Å²) in [5.74, 6) is 0.702. The number of halogens is 1. The van der Waals surface area contributed by atoms with Crippen LogP contribution in [0.5, 0.6) is 0 Å². The average Bonchev–Trinajstić information content (AvgIpc) is 2.84. The Labute approximate surface area is 99.8 Å². The minimum Gasteiger partial charge on any atom is -0.262 e. The van der Waals surface area contributed by atoms with E-state index in [0.29, 0.717) is 16.6 Å². The molecule has 3 aromatic rings. The van der Waals surface area contributed by atoms with E-state index in [-0.39, 0.29) is 0 Å². The highest BCUT2D eigenvalue weighted by Crippen LogP contribution is 2.26. The molecule has 0 aliphatic heterocycles. The smallest absolute Gasteiger partial charge is 0.181 e. The lowest BCUT2D eigenvalue weighted by molar-refractivity contribution is 1.11. The van der Waals surface area contributed by atoms with Crippen LogP contribution in [0.1, 0.15) is 5.01 Å². The summed E-state index contributed by atoms with van der Waals surface area (Å²) in [6, 6.07) is 0. The van der Waals surface area contributed by atoms with E-state index in [2.05, 4.69) is 20.2 Å². The average molecular weight is 252 g/mol. The number of aromatic nitrogens is 5. The van der Waals surface area contributed by atoms with Crippen molar-refractivity contribution in [1.82, 2.24) is 24.6 Å². The molecule has 0 N–H and O–H groups in total. The number of hydrogen-bond acceptors (Lipinski definition) is 5. The zero-order valence-electron chi connectivity index (χ0n) is 8.25. The quantitative estimate of drug-likeness (QED) is 0.665. The van der Waals surface area contributed by atoms with Crippen molar-refractivity contribution >= 4 is 28.6 Å². The Kier molecular flexibility index (Phi) is 2.12. The van der Waals surface area contributed by atoms with Crippen molar-refractivity contribution in [1.29, 1.82) is 0 Å². The van der Waals surface area contributed by atoms with Gasteiger partial charge in [-0.25, -0.2) is 4.98 Å². The molecule has 0 aliphatic carbocycles. The van der Waals surface area contributed by atoms with Gasteiger partial charge in [-0.05, 0) is 6.92 Å². The molecule has 0 spiro atoms. The molecule has 0 fully saturated rings. The van der Waals surface area contributed by atoms with Gasteiger partial charge in [-0.3, -0.25) is 9.38 Å². The Morgan fingerprint density at radius 3 is 2.88 bits per heavy atom. The standard InChI is InChI=1S/C9H6ClN5S/c1-5-12-2-6(16-5)9-14-13-8-4-11-3-7(10)15(8)9/h2-4H,1H3. The van der Waals surface area contributed by atoms with Gasteiger partial charge < -0.3 is 0 Å². The van der Waals surface area contributed by atoms with Crippen molar-refractivity contribution in [3.63, 3.8) is 0 Å². The highest BCUT2D eigenvalue weighted by molar-refractivity contribution is 7.14. The van der Waals surface area contributed by atoms with E-state index < -0.39 is 0 Å². The molecule has 0 amide bonds. The predicted molar refractivity (Wildman–Crippen MR) is 61.6 cm³/mol. The van der Waals surface area contributed by atoms with Gasteiger partial charge >= 0.3 is 0 Å². The topological polar surface area (TPSA) is 56.0 Å². The maximum absolute atomic E-state index is 6.06. The lowest BCUT2D eigenvalue weighted by atomic mass is 10.5. The molecule has 0 aliphatic rings. The fraction of sp³-hybridized carbons (Fsp3) is 0.111. The molecule has 5 nitrogen and oxygen atoms in total. The van der Waals surface area contributed by atoms with Crippen LogP contribution < -0.4 is 0 Å². The molecule has 7 heteroatoms. The normalized spacial score (nSPS) is 11.1. The van der Waals surface area contributed by atoms with Crippen molar-refractivity contribution < 1.29 is 0 Å². The van der Waals surface area contributed by atoms with E-state index in [0.717, 1.165) is 9.88 Å². The van der Waals surface area contributed by atoms with Crippen LogP contribution in [0.25, 0.3) is 16.3 Å². The zero-order chi connectivity index (χ0) is 11.1. The molecule has 3 rings (SSSR count). The SMILES string of the molecule is Cc1ncc(-c2nnc3cncc(Cl)n23)s1. The van der Waals surface area contributed by atoms with Crippen LogP contribution in [-0.2, 0) is 0 Å². The zero-order valence-corrected chi connectivity index (χ0v) is 9.83. The van der Waals surface area contributed by atoms with Gasteiger partial charge in [0.2, 0.25) is 0 Å². The van der Waals surface area contributed by atoms with Crippen molar-refractivity contribution in [2.24, 2.45) is 0 Å². The van der Waals surface area contributed by atoms with Gasteiger partial charge in [0.05, 0.1) is 22.3 Å². The molecule has 0 bridgehead atoms. The first-order chi connectivity index (χ1) is 7.75. The Bertz CT molecular complexity index is 659. The van der Waals surface area contributed by atoms with E-state index in [1.165, 1.54) is 0 Å². The van der Waals surface area contributed by atoms with Gasteiger partial charge in [0, 0.05) is 6.20 Å². The largest absolute Gasteiger partial charge is 0.262 e. The van der Waals surface area contributed by atoms with Gasteiger partial charge in [0.25, 0.3) is 0 Å². The summed E-state index contributed by atoms with van der Waals surface area (Å²) in [4.78, 5) is 9.09. The molecular weight excluding hydrogens is 246 g/mol. The third kappa shape index (κ3) is 1.38. The van der Waals surface area contributed by atoms with Crippen LogP contribution in [0.15, 0.2) is 18.6 Å². The molecular formula is C9H6ClN5S. The van der Waals surface area contributed by atoms with Crippen molar-refractivity contribution in [2.75, 3.05) is 0 Å². The first kappa shape index (κ1) is 9.68. The van der Waals surface area contributed by atoms with Crippen molar-refractivity contribution in [3.05, 3.63) is 28.8 Å².